The van der Waals surface area contributed by atoms with Crippen LogP contribution < -0.4 is 0 Å². The molecular weight excluding hydrogens is 196 g/mol. The zero-order valence-electron chi connectivity index (χ0n) is 10.2. The molecule has 1 aromatic rings. The normalized spacial score (nSPS) is 11.8. The lowest BCUT2D eigenvalue weighted by Gasteiger charge is -2.17. The molecule has 1 rings (SSSR count). The fourth-order valence-corrected chi connectivity index (χ4v) is 2.06. The summed E-state index contributed by atoms with van der Waals surface area (Å²) < 4.78 is 0. The van der Waals surface area contributed by atoms with Crippen LogP contribution in [0.3, 0.4) is 0 Å². The van der Waals surface area contributed by atoms with Gasteiger partial charge in [0.05, 0.1) is 0 Å². The second-order valence-electron chi connectivity index (χ2n) is 4.05. The maximum absolute atomic E-state index is 10.2. The number of rotatable bonds is 3. The van der Waals surface area contributed by atoms with Crippen molar-refractivity contribution in [3.05, 3.63) is 64.9 Å². The molecule has 1 heteroatoms. The van der Waals surface area contributed by atoms with Crippen LogP contribution in [-0.4, -0.2) is 5.11 Å². The highest BCUT2D eigenvalue weighted by molar-refractivity contribution is 5.43. The number of hydrogen-bond donors (Lipinski definition) is 1. The molecule has 0 fully saturated rings. The molecule has 0 amide bonds. The molecule has 0 heterocycles. The number of aryl methyl sites for hydroxylation is 3. The van der Waals surface area contributed by atoms with Gasteiger partial charge in [-0.15, -0.1) is 5.73 Å². The molecule has 84 valence electrons. The van der Waals surface area contributed by atoms with Crippen molar-refractivity contribution >= 4 is 0 Å². The van der Waals surface area contributed by atoms with Crippen molar-refractivity contribution in [3.63, 3.8) is 0 Å². The Morgan fingerprint density at radius 2 is 1.81 bits per heavy atom. The quantitative estimate of drug-likeness (QED) is 0.602. The summed E-state index contributed by atoms with van der Waals surface area (Å²) >= 11 is 0. The third kappa shape index (κ3) is 2.33. The van der Waals surface area contributed by atoms with Gasteiger partial charge >= 0.3 is 0 Å². The molecule has 0 aliphatic heterocycles. The molecule has 0 saturated heterocycles. The Morgan fingerprint density at radius 1 is 1.31 bits per heavy atom. The minimum atomic E-state index is -0.685. The number of hydrogen-bond acceptors (Lipinski definition) is 1. The molecule has 0 saturated carbocycles. The standard InChI is InChI=1S/C15H18O/c1-6-13(7-2)15(16)14-11(4)8-10(3)9-12(14)5/h6,8-9,15-16H,1-2H2,3-5H3. The Kier molecular flexibility index (Phi) is 3.89. The highest BCUT2D eigenvalue weighted by Crippen LogP contribution is 2.28. The molecule has 1 N–H and O–H groups in total. The van der Waals surface area contributed by atoms with Crippen molar-refractivity contribution in [2.45, 2.75) is 26.9 Å². The largest absolute Gasteiger partial charge is 0.383 e. The molecule has 1 nitrogen and oxygen atoms in total. The molecule has 1 atom stereocenters. The van der Waals surface area contributed by atoms with Crippen molar-refractivity contribution in [2.24, 2.45) is 0 Å². The maximum Gasteiger partial charge on any atom is 0.112 e. The van der Waals surface area contributed by atoms with Crippen LogP contribution >= 0.6 is 0 Å². The number of aliphatic hydroxyl groups excluding tert-OH is 1. The Hall–Kier alpha value is -1.56. The van der Waals surface area contributed by atoms with Gasteiger partial charge in [-0.05, 0) is 37.5 Å². The third-order valence-corrected chi connectivity index (χ3v) is 2.73. The van der Waals surface area contributed by atoms with Gasteiger partial charge in [0.1, 0.15) is 6.10 Å². The van der Waals surface area contributed by atoms with E-state index in [0.717, 1.165) is 16.7 Å². The van der Waals surface area contributed by atoms with E-state index in [2.05, 4.69) is 31.0 Å². The molecule has 0 radical (unpaired) electrons. The van der Waals surface area contributed by atoms with Crippen LogP contribution in [0.5, 0.6) is 0 Å². The van der Waals surface area contributed by atoms with Gasteiger partial charge in [-0.25, -0.2) is 0 Å². The zero-order valence-corrected chi connectivity index (χ0v) is 10.2. The van der Waals surface area contributed by atoms with E-state index in [0.29, 0.717) is 5.57 Å². The van der Waals surface area contributed by atoms with Crippen molar-refractivity contribution in [3.8, 4) is 0 Å². The van der Waals surface area contributed by atoms with Gasteiger partial charge in [0.15, 0.2) is 0 Å². The average Bonchev–Trinajstić information content (AvgIpc) is 2.17. The topological polar surface area (TPSA) is 20.2 Å². The average molecular weight is 214 g/mol. The van der Waals surface area contributed by atoms with Crippen molar-refractivity contribution < 1.29 is 5.11 Å². The Balaban J connectivity index is 3.34. The lowest BCUT2D eigenvalue weighted by molar-refractivity contribution is 0.218. The summed E-state index contributed by atoms with van der Waals surface area (Å²) in [5.41, 5.74) is 7.63. The molecule has 0 spiro atoms. The molecule has 16 heavy (non-hydrogen) atoms. The summed E-state index contributed by atoms with van der Waals surface area (Å²) in [5, 5.41) is 10.2. The Morgan fingerprint density at radius 3 is 2.19 bits per heavy atom. The van der Waals surface area contributed by atoms with Crippen molar-refractivity contribution in [1.82, 2.24) is 0 Å². The monoisotopic (exact) mass is 214 g/mol. The SMILES string of the molecule is C=C=C(C=C)C(O)c1c(C)cc(C)cc1C. The van der Waals surface area contributed by atoms with E-state index in [1.165, 1.54) is 5.56 Å². The molecule has 0 aromatic heterocycles. The minimum Gasteiger partial charge on any atom is -0.383 e. The Bertz CT molecular complexity index is 439. The van der Waals surface area contributed by atoms with Crippen LogP contribution in [0.1, 0.15) is 28.4 Å². The van der Waals surface area contributed by atoms with Gasteiger partial charge in [-0.2, -0.15) is 0 Å². The van der Waals surface area contributed by atoms with E-state index >= 15 is 0 Å². The van der Waals surface area contributed by atoms with Gasteiger partial charge in [-0.3, -0.25) is 0 Å². The lowest BCUT2D eigenvalue weighted by atomic mass is 9.92. The van der Waals surface area contributed by atoms with Crippen LogP contribution in [0.2, 0.25) is 0 Å². The minimum absolute atomic E-state index is 0.620. The zero-order chi connectivity index (χ0) is 12.3. The molecule has 0 aliphatic rings. The van der Waals surface area contributed by atoms with Crippen LogP contribution in [0, 0.1) is 20.8 Å². The first-order valence-electron chi connectivity index (χ1n) is 5.29. The molecule has 1 aromatic carbocycles. The number of benzene rings is 1. The van der Waals surface area contributed by atoms with E-state index in [1.807, 2.05) is 20.8 Å². The smallest absolute Gasteiger partial charge is 0.112 e. The predicted molar refractivity (Wildman–Crippen MR) is 68.5 cm³/mol. The van der Waals surface area contributed by atoms with E-state index in [9.17, 15) is 5.11 Å². The third-order valence-electron chi connectivity index (χ3n) is 2.73. The summed E-state index contributed by atoms with van der Waals surface area (Å²) in [6.45, 7) is 13.3. The summed E-state index contributed by atoms with van der Waals surface area (Å²) in [5.74, 6) is 0. The van der Waals surface area contributed by atoms with E-state index in [1.54, 1.807) is 6.08 Å². The summed E-state index contributed by atoms with van der Waals surface area (Å²) in [7, 11) is 0. The highest BCUT2D eigenvalue weighted by atomic mass is 16.3. The maximum atomic E-state index is 10.2. The van der Waals surface area contributed by atoms with Crippen LogP contribution in [0.4, 0.5) is 0 Å². The second-order valence-corrected chi connectivity index (χ2v) is 4.05. The van der Waals surface area contributed by atoms with Gasteiger partial charge in [0.25, 0.3) is 0 Å². The van der Waals surface area contributed by atoms with Crippen molar-refractivity contribution in [2.75, 3.05) is 0 Å². The Labute approximate surface area is 97.4 Å². The molecular formula is C15H18O. The summed E-state index contributed by atoms with van der Waals surface area (Å²) in [6, 6.07) is 4.13. The first-order chi connectivity index (χ1) is 7.51. The van der Waals surface area contributed by atoms with Gasteiger partial charge in [0.2, 0.25) is 0 Å². The fourth-order valence-electron chi connectivity index (χ4n) is 2.06. The first kappa shape index (κ1) is 12.5. The van der Waals surface area contributed by atoms with Gasteiger partial charge < -0.3 is 5.11 Å². The summed E-state index contributed by atoms with van der Waals surface area (Å²) in [4.78, 5) is 0. The molecule has 0 bridgehead atoms. The van der Waals surface area contributed by atoms with Crippen LogP contribution in [0.15, 0.2) is 42.7 Å². The van der Waals surface area contributed by atoms with Gasteiger partial charge in [-0.1, -0.05) is 36.9 Å². The van der Waals surface area contributed by atoms with Crippen LogP contribution in [0.25, 0.3) is 0 Å². The van der Waals surface area contributed by atoms with Crippen molar-refractivity contribution in [1.29, 1.82) is 0 Å². The first-order valence-corrected chi connectivity index (χ1v) is 5.29. The molecule has 1 unspecified atom stereocenters. The lowest BCUT2D eigenvalue weighted by Crippen LogP contribution is -2.04. The predicted octanol–water partition coefficient (Wildman–Crippen LogP) is 3.54. The molecule has 0 aliphatic carbocycles. The van der Waals surface area contributed by atoms with E-state index < -0.39 is 6.10 Å². The number of aliphatic hydroxyl groups is 1. The van der Waals surface area contributed by atoms with E-state index in [4.69, 9.17) is 0 Å². The second kappa shape index (κ2) is 4.98. The van der Waals surface area contributed by atoms with Crippen LogP contribution in [-0.2, 0) is 0 Å². The van der Waals surface area contributed by atoms with E-state index in [-0.39, 0.29) is 0 Å². The summed E-state index contributed by atoms with van der Waals surface area (Å²) in [6.07, 6.45) is 0.909. The highest BCUT2D eigenvalue weighted by Gasteiger charge is 2.15. The van der Waals surface area contributed by atoms with Gasteiger partial charge in [0, 0.05) is 5.57 Å². The fraction of sp³-hybridized carbons (Fsp3) is 0.267.